The largest absolute Gasteiger partial charge is 0.480 e. The first-order valence-corrected chi connectivity index (χ1v) is 3.94. The van der Waals surface area contributed by atoms with Crippen LogP contribution in [0.5, 0.6) is 0 Å². The van der Waals surface area contributed by atoms with Gasteiger partial charge in [-0.05, 0) is 12.3 Å². The number of allylic oxidation sites excluding steroid dienone is 1. The van der Waals surface area contributed by atoms with E-state index in [1.807, 2.05) is 18.4 Å². The van der Waals surface area contributed by atoms with E-state index in [2.05, 4.69) is 0 Å². The van der Waals surface area contributed by atoms with Crippen LogP contribution in [0, 0.1) is 0 Å². The van der Waals surface area contributed by atoms with Crippen LogP contribution in [-0.4, -0.2) is 22.9 Å². The van der Waals surface area contributed by atoms with Gasteiger partial charge in [0.1, 0.15) is 6.04 Å². The van der Waals surface area contributed by atoms with E-state index >= 15 is 0 Å². The van der Waals surface area contributed by atoms with Gasteiger partial charge in [-0.25, -0.2) is 0 Å². The van der Waals surface area contributed by atoms with Crippen molar-refractivity contribution < 1.29 is 9.90 Å². The number of rotatable bonds is 4. The predicted molar refractivity (Wildman–Crippen MR) is 42.9 cm³/mol. The van der Waals surface area contributed by atoms with Gasteiger partial charge in [-0.3, -0.25) is 4.79 Å². The lowest BCUT2D eigenvalue weighted by Gasteiger charge is -2.01. The molecule has 58 valence electrons. The Morgan fingerprint density at radius 3 is 2.90 bits per heavy atom. The van der Waals surface area contributed by atoms with Crippen LogP contribution in [0.2, 0.25) is 0 Å². The number of thioether (sulfide) groups is 1. The second kappa shape index (κ2) is 5.32. The average Bonchev–Trinajstić information content (AvgIpc) is 1.88. The third-order valence-electron chi connectivity index (χ3n) is 0.825. The van der Waals surface area contributed by atoms with Crippen LogP contribution < -0.4 is 5.73 Å². The molecule has 3 N–H and O–H groups in total. The van der Waals surface area contributed by atoms with E-state index in [9.17, 15) is 4.79 Å². The maximum absolute atomic E-state index is 10.1. The van der Waals surface area contributed by atoms with Crippen LogP contribution in [0.3, 0.4) is 0 Å². The van der Waals surface area contributed by atoms with Crippen molar-refractivity contribution in [3.63, 3.8) is 0 Å². The topological polar surface area (TPSA) is 63.3 Å². The van der Waals surface area contributed by atoms with Crippen molar-refractivity contribution in [2.75, 3.05) is 5.75 Å². The van der Waals surface area contributed by atoms with E-state index in [1.165, 1.54) is 11.8 Å². The Hall–Kier alpha value is -0.480. The number of aliphatic carboxylic acids is 1. The maximum Gasteiger partial charge on any atom is 0.321 e. The Morgan fingerprint density at radius 2 is 2.50 bits per heavy atom. The molecule has 0 aromatic rings. The minimum absolute atomic E-state index is 0.430. The number of hydrogen-bond donors (Lipinski definition) is 2. The van der Waals surface area contributed by atoms with E-state index in [0.29, 0.717) is 5.75 Å². The van der Waals surface area contributed by atoms with E-state index in [4.69, 9.17) is 10.8 Å². The molecule has 0 saturated heterocycles. The molecule has 0 aliphatic rings. The molecule has 0 aliphatic heterocycles. The van der Waals surface area contributed by atoms with Gasteiger partial charge in [0.15, 0.2) is 0 Å². The highest BCUT2D eigenvalue weighted by atomic mass is 32.2. The number of hydrogen-bond acceptors (Lipinski definition) is 3. The number of carboxylic acid groups (broad SMARTS) is 1. The summed E-state index contributed by atoms with van der Waals surface area (Å²) in [6.07, 6.45) is 1.85. The first-order chi connectivity index (χ1) is 4.68. The van der Waals surface area contributed by atoms with Crippen molar-refractivity contribution in [2.24, 2.45) is 5.73 Å². The van der Waals surface area contributed by atoms with Crippen LogP contribution in [0.15, 0.2) is 11.5 Å². The molecule has 0 fully saturated rings. The van der Waals surface area contributed by atoms with Gasteiger partial charge in [0.2, 0.25) is 0 Å². The van der Waals surface area contributed by atoms with Gasteiger partial charge >= 0.3 is 5.97 Å². The lowest BCUT2D eigenvalue weighted by molar-refractivity contribution is -0.137. The highest BCUT2D eigenvalue weighted by Gasteiger charge is 2.08. The summed E-state index contributed by atoms with van der Waals surface area (Å²) >= 11 is 1.40. The maximum atomic E-state index is 10.1. The molecule has 0 unspecified atom stereocenters. The molecule has 10 heavy (non-hydrogen) atoms. The molecule has 0 spiro atoms. The Kier molecular flexibility index (Phi) is 5.06. The smallest absolute Gasteiger partial charge is 0.321 e. The molecule has 4 heteroatoms. The molecule has 0 aromatic heterocycles. The lowest BCUT2D eigenvalue weighted by Crippen LogP contribution is -2.32. The Morgan fingerprint density at radius 1 is 1.90 bits per heavy atom. The summed E-state index contributed by atoms with van der Waals surface area (Å²) in [6, 6.07) is -0.749. The monoisotopic (exact) mass is 161 g/mol. The van der Waals surface area contributed by atoms with Gasteiger partial charge in [0.25, 0.3) is 0 Å². The van der Waals surface area contributed by atoms with Crippen LogP contribution >= 0.6 is 11.8 Å². The normalized spacial score (nSPS) is 13.8. The minimum Gasteiger partial charge on any atom is -0.480 e. The van der Waals surface area contributed by atoms with Crippen LogP contribution in [0.1, 0.15) is 6.92 Å². The van der Waals surface area contributed by atoms with Crippen molar-refractivity contribution in [3.05, 3.63) is 11.5 Å². The molecule has 3 nitrogen and oxygen atoms in total. The number of nitrogens with two attached hydrogens (primary N) is 1. The number of carbonyl (C=O) groups is 1. The summed E-state index contributed by atoms with van der Waals surface area (Å²) in [5.74, 6) is -0.517. The fraction of sp³-hybridized carbons (Fsp3) is 0.500. The van der Waals surface area contributed by atoms with E-state index in [-0.39, 0.29) is 0 Å². The van der Waals surface area contributed by atoms with Gasteiger partial charge < -0.3 is 10.8 Å². The zero-order valence-corrected chi connectivity index (χ0v) is 6.60. The van der Waals surface area contributed by atoms with E-state index in [1.54, 1.807) is 0 Å². The molecular weight excluding hydrogens is 150 g/mol. The van der Waals surface area contributed by atoms with E-state index in [0.717, 1.165) is 0 Å². The van der Waals surface area contributed by atoms with Crippen LogP contribution in [0.4, 0.5) is 0 Å². The van der Waals surface area contributed by atoms with E-state index < -0.39 is 12.0 Å². The Balaban J connectivity index is 3.39. The first-order valence-electron chi connectivity index (χ1n) is 2.89. The summed E-state index contributed by atoms with van der Waals surface area (Å²) < 4.78 is 0. The summed E-state index contributed by atoms with van der Waals surface area (Å²) in [4.78, 5) is 10.1. The Bertz CT molecular complexity index is 136. The summed E-state index contributed by atoms with van der Waals surface area (Å²) in [5, 5.41) is 10.1. The fourth-order valence-electron chi connectivity index (χ4n) is 0.327. The highest BCUT2D eigenvalue weighted by Crippen LogP contribution is 2.02. The standard InChI is InChI=1S/C6H11NO2S/c1-2-3-10-4-5(7)6(8)9/h2-3,5H,4,7H2,1H3,(H,8,9)/b3-2-/t5-/m0/s1. The van der Waals surface area contributed by atoms with Crippen molar-refractivity contribution in [2.45, 2.75) is 13.0 Å². The van der Waals surface area contributed by atoms with Crippen molar-refractivity contribution in [1.82, 2.24) is 0 Å². The predicted octanol–water partition coefficient (Wildman–Crippen LogP) is 0.665. The van der Waals surface area contributed by atoms with Gasteiger partial charge in [-0.2, -0.15) is 0 Å². The summed E-state index contributed by atoms with van der Waals surface area (Å²) in [6.45, 7) is 1.87. The molecule has 0 bridgehead atoms. The summed E-state index contributed by atoms with van der Waals surface area (Å²) in [5.41, 5.74) is 5.20. The molecule has 0 rings (SSSR count). The fourth-order valence-corrected chi connectivity index (χ4v) is 0.980. The lowest BCUT2D eigenvalue weighted by atomic mass is 10.4. The highest BCUT2D eigenvalue weighted by molar-refractivity contribution is 8.02. The first kappa shape index (κ1) is 9.52. The van der Waals surface area contributed by atoms with Gasteiger partial charge in [-0.15, -0.1) is 11.8 Å². The van der Waals surface area contributed by atoms with Crippen LogP contribution in [-0.2, 0) is 4.79 Å². The number of carboxylic acids is 1. The van der Waals surface area contributed by atoms with Crippen molar-refractivity contribution in [1.29, 1.82) is 0 Å². The quantitative estimate of drug-likeness (QED) is 0.636. The average molecular weight is 161 g/mol. The SMILES string of the molecule is C/C=C\SC[C@H](N)C(=O)O. The molecular formula is C6H11NO2S. The molecule has 0 amide bonds. The molecule has 0 aliphatic carbocycles. The molecule has 0 radical (unpaired) electrons. The van der Waals surface area contributed by atoms with Gasteiger partial charge in [-0.1, -0.05) is 6.08 Å². The van der Waals surface area contributed by atoms with Crippen molar-refractivity contribution in [3.8, 4) is 0 Å². The zero-order chi connectivity index (χ0) is 7.98. The second-order valence-electron chi connectivity index (χ2n) is 1.75. The zero-order valence-electron chi connectivity index (χ0n) is 5.78. The second-order valence-corrected chi connectivity index (χ2v) is 2.69. The Labute approximate surface area is 64.3 Å². The van der Waals surface area contributed by atoms with Crippen molar-refractivity contribution >= 4 is 17.7 Å². The summed E-state index contributed by atoms with van der Waals surface area (Å²) in [7, 11) is 0. The third-order valence-corrected chi connectivity index (χ3v) is 1.84. The molecule has 0 aromatic carbocycles. The van der Waals surface area contributed by atoms with Gasteiger partial charge in [0.05, 0.1) is 0 Å². The minimum atomic E-state index is -0.947. The van der Waals surface area contributed by atoms with Gasteiger partial charge in [0, 0.05) is 5.75 Å². The molecule has 0 heterocycles. The van der Waals surface area contributed by atoms with Crippen LogP contribution in [0.25, 0.3) is 0 Å². The molecule has 1 atom stereocenters. The third kappa shape index (κ3) is 4.40. The molecule has 0 saturated carbocycles.